The summed E-state index contributed by atoms with van der Waals surface area (Å²) in [6.07, 6.45) is 1.99. The van der Waals surface area contributed by atoms with Crippen LogP contribution < -0.4 is 15.1 Å². The van der Waals surface area contributed by atoms with Gasteiger partial charge in [-0.2, -0.15) is 0 Å². The largest absolute Gasteiger partial charge is 0.368 e. The second kappa shape index (κ2) is 6.45. The second-order valence-electron chi connectivity index (χ2n) is 5.45. The van der Waals surface area contributed by atoms with E-state index in [1.165, 1.54) is 16.1 Å². The molecule has 1 aliphatic heterocycles. The van der Waals surface area contributed by atoms with Crippen molar-refractivity contribution in [2.75, 3.05) is 43.0 Å². The lowest BCUT2D eigenvalue weighted by molar-refractivity contribution is 0.652. The predicted octanol–water partition coefficient (Wildman–Crippen LogP) is 2.50. The summed E-state index contributed by atoms with van der Waals surface area (Å²) < 4.78 is 0. The smallest absolute Gasteiger partial charge is 0.185 e. The molecule has 3 rings (SSSR count). The van der Waals surface area contributed by atoms with Crippen molar-refractivity contribution < 1.29 is 0 Å². The minimum absolute atomic E-state index is 0.904. The van der Waals surface area contributed by atoms with E-state index in [0.717, 1.165) is 37.9 Å². The summed E-state index contributed by atoms with van der Waals surface area (Å²) in [4.78, 5) is 10.7. The Balaban J connectivity index is 1.61. The Morgan fingerprint density at radius 2 is 1.95 bits per heavy atom. The molecule has 4 nitrogen and oxygen atoms in total. The van der Waals surface area contributed by atoms with Gasteiger partial charge in [-0.15, -0.1) is 11.3 Å². The van der Waals surface area contributed by atoms with Crippen LogP contribution in [0.4, 0.5) is 10.8 Å². The summed E-state index contributed by atoms with van der Waals surface area (Å²) in [6.45, 7) is 7.26. The Kier molecular flexibility index (Phi) is 4.41. The molecule has 0 saturated carbocycles. The molecule has 1 aliphatic rings. The molecule has 1 aromatic carbocycles. The van der Waals surface area contributed by atoms with Crippen LogP contribution in [0.1, 0.15) is 10.4 Å². The molecule has 0 aliphatic carbocycles. The third kappa shape index (κ3) is 3.36. The zero-order valence-electron chi connectivity index (χ0n) is 12.7. The van der Waals surface area contributed by atoms with Crippen LogP contribution in [-0.2, 0) is 6.54 Å². The molecule has 0 bridgehead atoms. The highest BCUT2D eigenvalue weighted by Gasteiger charge is 2.19. The normalized spacial score (nSPS) is 15.5. The van der Waals surface area contributed by atoms with Crippen molar-refractivity contribution in [3.8, 4) is 0 Å². The number of hydrogen-bond acceptors (Lipinski definition) is 5. The van der Waals surface area contributed by atoms with E-state index < -0.39 is 0 Å². The fourth-order valence-electron chi connectivity index (χ4n) is 2.68. The zero-order chi connectivity index (χ0) is 14.7. The maximum absolute atomic E-state index is 4.56. The van der Waals surface area contributed by atoms with Gasteiger partial charge >= 0.3 is 0 Å². The van der Waals surface area contributed by atoms with Crippen molar-refractivity contribution in [1.29, 1.82) is 0 Å². The predicted molar refractivity (Wildman–Crippen MR) is 90.5 cm³/mol. The molecule has 5 heteroatoms. The van der Waals surface area contributed by atoms with Gasteiger partial charge in [0.15, 0.2) is 5.13 Å². The van der Waals surface area contributed by atoms with E-state index in [1.54, 1.807) is 11.3 Å². The van der Waals surface area contributed by atoms with E-state index in [0.29, 0.717) is 0 Å². The summed E-state index contributed by atoms with van der Waals surface area (Å²) in [5.41, 5.74) is 2.66. The van der Waals surface area contributed by atoms with E-state index in [-0.39, 0.29) is 0 Å². The van der Waals surface area contributed by atoms with Crippen molar-refractivity contribution in [3.05, 3.63) is 40.9 Å². The average Bonchev–Trinajstić information content (AvgIpc) is 2.97. The first-order chi connectivity index (χ1) is 10.3. The number of benzene rings is 1. The van der Waals surface area contributed by atoms with Crippen LogP contribution in [-0.4, -0.2) is 38.2 Å². The monoisotopic (exact) mass is 302 g/mol. The molecular weight excluding hydrogens is 280 g/mol. The molecule has 1 fully saturated rings. The fourth-order valence-corrected chi connectivity index (χ4v) is 3.65. The summed E-state index contributed by atoms with van der Waals surface area (Å²) in [5, 5.41) is 4.33. The number of nitrogens with one attached hydrogen (secondary N) is 1. The molecule has 2 heterocycles. The summed E-state index contributed by atoms with van der Waals surface area (Å²) in [6, 6.07) is 8.77. The standard InChI is InChI=1S/C16H22N4S/c1-13-4-3-5-14(10-13)19-6-8-20(9-7-19)16-18-12-15(21-16)11-17-2/h3-5,10,12,17H,6-9,11H2,1-2H3. The van der Waals surface area contributed by atoms with E-state index >= 15 is 0 Å². The van der Waals surface area contributed by atoms with E-state index in [4.69, 9.17) is 0 Å². The van der Waals surface area contributed by atoms with Crippen LogP contribution in [0.3, 0.4) is 0 Å². The van der Waals surface area contributed by atoms with Gasteiger partial charge in [-0.3, -0.25) is 0 Å². The molecule has 0 spiro atoms. The van der Waals surface area contributed by atoms with Crippen LogP contribution in [0.5, 0.6) is 0 Å². The molecular formula is C16H22N4S. The van der Waals surface area contributed by atoms with Crippen molar-refractivity contribution >= 4 is 22.2 Å². The molecule has 1 saturated heterocycles. The van der Waals surface area contributed by atoms with Crippen LogP contribution in [0.15, 0.2) is 30.5 Å². The number of rotatable bonds is 4. The second-order valence-corrected chi connectivity index (χ2v) is 6.55. The van der Waals surface area contributed by atoms with Gasteiger partial charge in [0.05, 0.1) is 0 Å². The molecule has 21 heavy (non-hydrogen) atoms. The van der Waals surface area contributed by atoms with Crippen LogP contribution in [0.25, 0.3) is 0 Å². The first kappa shape index (κ1) is 14.4. The third-order valence-corrected chi connectivity index (χ3v) is 4.87. The van der Waals surface area contributed by atoms with Gasteiger partial charge in [0.2, 0.25) is 0 Å². The van der Waals surface area contributed by atoms with Gasteiger partial charge in [-0.05, 0) is 31.7 Å². The number of aromatic nitrogens is 1. The summed E-state index contributed by atoms with van der Waals surface area (Å²) in [5.74, 6) is 0. The van der Waals surface area contributed by atoms with E-state index in [2.05, 4.69) is 51.3 Å². The molecule has 0 amide bonds. The third-order valence-electron chi connectivity index (χ3n) is 3.81. The quantitative estimate of drug-likeness (QED) is 0.940. The van der Waals surface area contributed by atoms with Crippen LogP contribution in [0, 0.1) is 6.92 Å². The zero-order valence-corrected chi connectivity index (χ0v) is 13.5. The molecule has 1 aromatic heterocycles. The van der Waals surface area contributed by atoms with Crippen LogP contribution in [0.2, 0.25) is 0 Å². The summed E-state index contributed by atoms with van der Waals surface area (Å²) in [7, 11) is 1.97. The van der Waals surface area contributed by atoms with Gasteiger partial charge in [-0.1, -0.05) is 12.1 Å². The maximum Gasteiger partial charge on any atom is 0.185 e. The van der Waals surface area contributed by atoms with Crippen LogP contribution >= 0.6 is 11.3 Å². The van der Waals surface area contributed by atoms with Gasteiger partial charge in [0, 0.05) is 49.5 Å². The Bertz CT molecular complexity index is 587. The van der Waals surface area contributed by atoms with E-state index in [9.17, 15) is 0 Å². The molecule has 1 N–H and O–H groups in total. The first-order valence-electron chi connectivity index (χ1n) is 7.42. The van der Waals surface area contributed by atoms with Crippen molar-refractivity contribution in [2.45, 2.75) is 13.5 Å². The fraction of sp³-hybridized carbons (Fsp3) is 0.438. The van der Waals surface area contributed by atoms with Gasteiger partial charge in [0.25, 0.3) is 0 Å². The topological polar surface area (TPSA) is 31.4 Å². The van der Waals surface area contributed by atoms with Gasteiger partial charge < -0.3 is 15.1 Å². The molecule has 0 unspecified atom stereocenters. The Hall–Kier alpha value is -1.59. The highest BCUT2D eigenvalue weighted by Crippen LogP contribution is 2.25. The molecule has 112 valence electrons. The maximum atomic E-state index is 4.56. The lowest BCUT2D eigenvalue weighted by atomic mass is 10.2. The lowest BCUT2D eigenvalue weighted by Crippen LogP contribution is -2.46. The Morgan fingerprint density at radius 1 is 1.19 bits per heavy atom. The molecule has 0 radical (unpaired) electrons. The SMILES string of the molecule is CNCc1cnc(N2CCN(c3cccc(C)c3)CC2)s1. The number of piperazine rings is 1. The Labute approximate surface area is 130 Å². The number of anilines is 2. The highest BCUT2D eigenvalue weighted by molar-refractivity contribution is 7.15. The molecule has 2 aromatic rings. The summed E-state index contributed by atoms with van der Waals surface area (Å²) >= 11 is 1.80. The minimum Gasteiger partial charge on any atom is -0.368 e. The Morgan fingerprint density at radius 3 is 2.67 bits per heavy atom. The van der Waals surface area contributed by atoms with Crippen molar-refractivity contribution in [3.63, 3.8) is 0 Å². The molecule has 0 atom stereocenters. The highest BCUT2D eigenvalue weighted by atomic mass is 32.1. The van der Waals surface area contributed by atoms with Crippen molar-refractivity contribution in [2.24, 2.45) is 0 Å². The van der Waals surface area contributed by atoms with Crippen molar-refractivity contribution in [1.82, 2.24) is 10.3 Å². The number of thiazole rings is 1. The number of aryl methyl sites for hydroxylation is 1. The lowest BCUT2D eigenvalue weighted by Gasteiger charge is -2.36. The number of nitrogens with zero attached hydrogens (tertiary/aromatic N) is 3. The van der Waals surface area contributed by atoms with Gasteiger partial charge in [0.1, 0.15) is 0 Å². The minimum atomic E-state index is 0.904. The average molecular weight is 302 g/mol. The first-order valence-corrected chi connectivity index (χ1v) is 8.24. The van der Waals surface area contributed by atoms with Gasteiger partial charge in [-0.25, -0.2) is 4.98 Å². The van der Waals surface area contributed by atoms with E-state index in [1.807, 2.05) is 13.2 Å². The number of hydrogen-bond donors (Lipinski definition) is 1.